The summed E-state index contributed by atoms with van der Waals surface area (Å²) in [5, 5.41) is 11.6. The molecule has 2 aromatic carbocycles. The Morgan fingerprint density at radius 3 is 2.43 bits per heavy atom. The standard InChI is InChI=1S/C30H36ClNO5/c1-18(2)37-27-16-25-22(14-26(27)35-3)15-28(33)32(29(25)19-4-8-23(31)9-5-19)24-10-6-20(7-11-24)30(34)21-12-13-36-17-21/h4-5,8-9,12-14,16,18,20-21,24,29-30,34H,6-7,10-11,15,17H2,1-3H3. The second-order valence-corrected chi connectivity index (χ2v) is 11.1. The number of amides is 1. The summed E-state index contributed by atoms with van der Waals surface area (Å²) in [6, 6.07) is 11.6. The molecule has 1 amide bonds. The van der Waals surface area contributed by atoms with Crippen molar-refractivity contribution in [2.75, 3.05) is 13.7 Å². The molecule has 0 bridgehead atoms. The van der Waals surface area contributed by atoms with E-state index in [9.17, 15) is 9.90 Å². The topological polar surface area (TPSA) is 68.2 Å². The number of aliphatic hydroxyl groups is 1. The molecule has 1 fully saturated rings. The molecule has 2 heterocycles. The lowest BCUT2D eigenvalue weighted by atomic mass is 9.77. The van der Waals surface area contributed by atoms with Gasteiger partial charge in [0.15, 0.2) is 11.5 Å². The molecule has 2 aromatic rings. The highest BCUT2D eigenvalue weighted by Gasteiger charge is 2.41. The summed E-state index contributed by atoms with van der Waals surface area (Å²) in [6.07, 6.45) is 7.03. The molecule has 3 aliphatic rings. The first-order valence-corrected chi connectivity index (χ1v) is 13.6. The van der Waals surface area contributed by atoms with Crippen molar-refractivity contribution in [1.29, 1.82) is 0 Å². The van der Waals surface area contributed by atoms with Crippen LogP contribution in [0.5, 0.6) is 11.5 Å². The summed E-state index contributed by atoms with van der Waals surface area (Å²) in [4.78, 5) is 15.8. The third kappa shape index (κ3) is 5.32. The zero-order valence-corrected chi connectivity index (χ0v) is 22.5. The van der Waals surface area contributed by atoms with Crippen molar-refractivity contribution in [3.05, 3.63) is 70.4 Å². The van der Waals surface area contributed by atoms with Crippen LogP contribution in [0, 0.1) is 11.8 Å². The van der Waals surface area contributed by atoms with Gasteiger partial charge in [-0.3, -0.25) is 4.79 Å². The molecule has 2 aliphatic heterocycles. The van der Waals surface area contributed by atoms with Gasteiger partial charge in [-0.2, -0.15) is 0 Å². The number of carbonyl (C=O) groups is 1. The molecule has 1 N–H and O–H groups in total. The second kappa shape index (κ2) is 11.0. The van der Waals surface area contributed by atoms with Gasteiger partial charge in [0.1, 0.15) is 0 Å². The molecule has 3 unspecified atom stereocenters. The quantitative estimate of drug-likeness (QED) is 0.503. The van der Waals surface area contributed by atoms with Crippen LogP contribution in [-0.4, -0.2) is 47.9 Å². The van der Waals surface area contributed by atoms with Crippen LogP contribution in [0.4, 0.5) is 0 Å². The molecule has 6 nitrogen and oxygen atoms in total. The number of benzene rings is 2. The number of aliphatic hydroxyl groups excluding tert-OH is 1. The fourth-order valence-corrected chi connectivity index (χ4v) is 6.27. The molecular formula is C30H36ClNO5. The summed E-state index contributed by atoms with van der Waals surface area (Å²) < 4.78 is 17.1. The highest BCUT2D eigenvalue weighted by atomic mass is 35.5. The van der Waals surface area contributed by atoms with Crippen LogP contribution in [0.25, 0.3) is 0 Å². The molecule has 1 aliphatic carbocycles. The summed E-state index contributed by atoms with van der Waals surface area (Å²) in [5.41, 5.74) is 3.05. The van der Waals surface area contributed by atoms with Crippen LogP contribution in [0.3, 0.4) is 0 Å². The maximum atomic E-state index is 13.7. The van der Waals surface area contributed by atoms with Crippen molar-refractivity contribution >= 4 is 17.5 Å². The first-order chi connectivity index (χ1) is 17.9. The molecule has 3 atom stereocenters. The molecule has 0 saturated heterocycles. The fraction of sp³-hybridized carbons (Fsp3) is 0.500. The summed E-state index contributed by atoms with van der Waals surface area (Å²) in [6.45, 7) is 4.53. The highest BCUT2D eigenvalue weighted by Crippen LogP contribution is 2.45. The Labute approximate surface area is 224 Å². The van der Waals surface area contributed by atoms with Crippen LogP contribution in [0.15, 0.2) is 48.7 Å². The monoisotopic (exact) mass is 525 g/mol. The fourth-order valence-electron chi connectivity index (χ4n) is 6.14. The lowest BCUT2D eigenvalue weighted by Gasteiger charge is -2.45. The number of fused-ring (bicyclic) bond motifs is 1. The van der Waals surface area contributed by atoms with Crippen LogP contribution >= 0.6 is 11.6 Å². The SMILES string of the molecule is COc1cc2c(cc1OC(C)C)C(c1ccc(Cl)cc1)N(C1CCC(C(O)C3C=COC3)CC1)C(=O)C2. The number of hydrogen-bond acceptors (Lipinski definition) is 5. The van der Waals surface area contributed by atoms with E-state index in [-0.39, 0.29) is 35.9 Å². The van der Waals surface area contributed by atoms with Gasteiger partial charge in [0, 0.05) is 17.0 Å². The molecular weight excluding hydrogens is 490 g/mol. The minimum Gasteiger partial charge on any atom is -0.501 e. The van der Waals surface area contributed by atoms with Crippen LogP contribution in [0.1, 0.15) is 62.3 Å². The maximum Gasteiger partial charge on any atom is 0.228 e. The minimum atomic E-state index is -0.409. The Kier molecular flexibility index (Phi) is 7.68. The molecule has 1 saturated carbocycles. The number of ether oxygens (including phenoxy) is 3. The average molecular weight is 526 g/mol. The van der Waals surface area contributed by atoms with Crippen molar-refractivity contribution in [1.82, 2.24) is 4.90 Å². The molecule has 7 heteroatoms. The third-order valence-electron chi connectivity index (χ3n) is 7.94. The second-order valence-electron chi connectivity index (χ2n) is 10.7. The van der Waals surface area contributed by atoms with E-state index in [0.717, 1.165) is 42.4 Å². The number of hydrogen-bond donors (Lipinski definition) is 1. The number of rotatable bonds is 7. The van der Waals surface area contributed by atoms with Gasteiger partial charge in [-0.1, -0.05) is 23.7 Å². The number of methoxy groups -OCH3 is 1. The average Bonchev–Trinajstić information content (AvgIpc) is 3.43. The summed E-state index contributed by atoms with van der Waals surface area (Å²) in [5.74, 6) is 1.71. The Morgan fingerprint density at radius 1 is 1.08 bits per heavy atom. The number of carbonyl (C=O) groups excluding carboxylic acids is 1. The normalized spacial score (nSPS) is 26.1. The maximum absolute atomic E-state index is 13.7. The van der Waals surface area contributed by atoms with Gasteiger partial charge in [0.2, 0.25) is 5.91 Å². The predicted molar refractivity (Wildman–Crippen MR) is 143 cm³/mol. The van der Waals surface area contributed by atoms with Gasteiger partial charge in [-0.05, 0) is 92.5 Å². The first kappa shape index (κ1) is 25.9. The molecule has 37 heavy (non-hydrogen) atoms. The van der Waals surface area contributed by atoms with E-state index < -0.39 is 6.10 Å². The van der Waals surface area contributed by atoms with Crippen molar-refractivity contribution in [3.63, 3.8) is 0 Å². The molecule has 0 aromatic heterocycles. The minimum absolute atomic E-state index is 0.0101. The van der Waals surface area contributed by atoms with Crippen molar-refractivity contribution in [2.45, 2.75) is 70.2 Å². The zero-order chi connectivity index (χ0) is 26.1. The highest BCUT2D eigenvalue weighted by molar-refractivity contribution is 6.30. The van der Waals surface area contributed by atoms with Crippen LogP contribution < -0.4 is 9.47 Å². The van der Waals surface area contributed by atoms with Crippen LogP contribution in [0.2, 0.25) is 5.02 Å². The van der Waals surface area contributed by atoms with E-state index >= 15 is 0 Å². The van der Waals surface area contributed by atoms with E-state index in [4.69, 9.17) is 25.8 Å². The van der Waals surface area contributed by atoms with E-state index in [2.05, 4.69) is 11.0 Å². The van der Waals surface area contributed by atoms with Crippen LogP contribution in [-0.2, 0) is 16.0 Å². The lowest BCUT2D eigenvalue weighted by molar-refractivity contribution is -0.137. The van der Waals surface area contributed by atoms with Crippen molar-refractivity contribution < 1.29 is 24.1 Å². The van der Waals surface area contributed by atoms with E-state index in [0.29, 0.717) is 29.5 Å². The van der Waals surface area contributed by atoms with Crippen molar-refractivity contribution in [2.24, 2.45) is 11.8 Å². The van der Waals surface area contributed by atoms with E-state index in [1.807, 2.05) is 50.3 Å². The number of nitrogens with zero attached hydrogens (tertiary/aromatic N) is 1. The van der Waals surface area contributed by atoms with Gasteiger partial charge in [-0.25, -0.2) is 0 Å². The third-order valence-corrected chi connectivity index (χ3v) is 8.20. The van der Waals surface area contributed by atoms with E-state index in [1.165, 1.54) is 0 Å². The number of halogens is 1. The van der Waals surface area contributed by atoms with Gasteiger partial charge in [0.05, 0.1) is 44.6 Å². The Morgan fingerprint density at radius 2 is 1.81 bits per heavy atom. The van der Waals surface area contributed by atoms with Crippen molar-refractivity contribution in [3.8, 4) is 11.5 Å². The van der Waals surface area contributed by atoms with Gasteiger partial charge < -0.3 is 24.2 Å². The molecule has 0 radical (unpaired) electrons. The largest absolute Gasteiger partial charge is 0.501 e. The van der Waals surface area contributed by atoms with Gasteiger partial charge >= 0.3 is 0 Å². The smallest absolute Gasteiger partial charge is 0.228 e. The first-order valence-electron chi connectivity index (χ1n) is 13.3. The summed E-state index contributed by atoms with van der Waals surface area (Å²) >= 11 is 6.23. The van der Waals surface area contributed by atoms with E-state index in [1.54, 1.807) is 13.4 Å². The van der Waals surface area contributed by atoms with Gasteiger partial charge in [0.25, 0.3) is 0 Å². The summed E-state index contributed by atoms with van der Waals surface area (Å²) in [7, 11) is 1.63. The Balaban J connectivity index is 1.47. The predicted octanol–water partition coefficient (Wildman–Crippen LogP) is 5.69. The van der Waals surface area contributed by atoms with Gasteiger partial charge in [-0.15, -0.1) is 0 Å². The molecule has 0 spiro atoms. The zero-order valence-electron chi connectivity index (χ0n) is 21.7. The molecule has 198 valence electrons. The Bertz CT molecular complexity index is 1140. The Hall–Kier alpha value is -2.70. The lowest BCUT2D eigenvalue weighted by Crippen LogP contribution is -2.49. The molecule has 5 rings (SSSR count).